The van der Waals surface area contributed by atoms with Crippen LogP contribution in [0.5, 0.6) is 0 Å². The molecule has 0 rings (SSSR count). The van der Waals surface area contributed by atoms with Crippen LogP contribution in [0.2, 0.25) is 0 Å². The van der Waals surface area contributed by atoms with Gasteiger partial charge in [-0.1, -0.05) is 17.2 Å². The Kier molecular flexibility index (Phi) is 5.44. The van der Waals surface area contributed by atoms with Gasteiger partial charge in [0.25, 0.3) is 0 Å². The van der Waals surface area contributed by atoms with Gasteiger partial charge in [-0.05, 0) is 39.7 Å². The molecule has 0 aromatic rings. The van der Waals surface area contributed by atoms with Crippen molar-refractivity contribution in [3.63, 3.8) is 0 Å². The van der Waals surface area contributed by atoms with Crippen LogP contribution in [0.1, 0.15) is 33.6 Å². The smallest absolute Gasteiger partial charge is 0.142 e. The number of rotatable bonds is 4. The summed E-state index contributed by atoms with van der Waals surface area (Å²) >= 11 is 0. The maximum absolute atomic E-state index is 9.88. The van der Waals surface area contributed by atoms with E-state index in [1.54, 1.807) is 6.08 Å². The molecule has 0 N–H and O–H groups in total. The first kappa shape index (κ1) is 10.2. The van der Waals surface area contributed by atoms with Crippen molar-refractivity contribution in [1.82, 2.24) is 0 Å². The molecule has 0 bridgehead atoms. The highest BCUT2D eigenvalue weighted by Gasteiger charge is 1.89. The molecule has 0 atom stereocenters. The van der Waals surface area contributed by atoms with E-state index >= 15 is 0 Å². The van der Waals surface area contributed by atoms with Crippen LogP contribution in [-0.4, -0.2) is 6.29 Å². The third-order valence-electron chi connectivity index (χ3n) is 1.75. The average molecular weight is 152 g/mol. The Hall–Kier alpha value is -0.850. The Morgan fingerprint density at radius 1 is 1.27 bits per heavy atom. The molecule has 0 saturated heterocycles. The zero-order valence-electron chi connectivity index (χ0n) is 7.55. The van der Waals surface area contributed by atoms with Gasteiger partial charge < -0.3 is 0 Å². The molecule has 0 amide bonds. The fourth-order valence-electron chi connectivity index (χ4n) is 0.702. The molecule has 1 nitrogen and oxygen atoms in total. The summed E-state index contributed by atoms with van der Waals surface area (Å²) < 4.78 is 0. The van der Waals surface area contributed by atoms with Crippen LogP contribution in [-0.2, 0) is 4.79 Å². The Balaban J connectivity index is 3.63. The van der Waals surface area contributed by atoms with E-state index in [0.717, 1.165) is 19.1 Å². The predicted octanol–water partition coefficient (Wildman–Crippen LogP) is 2.88. The Labute approximate surface area is 68.8 Å². The van der Waals surface area contributed by atoms with E-state index < -0.39 is 0 Å². The molecule has 62 valence electrons. The SMILES string of the molecule is CC(C)=C(C)CC/C=C/C=O. The summed E-state index contributed by atoms with van der Waals surface area (Å²) in [6, 6.07) is 0. The Bertz CT molecular complexity index is 171. The monoisotopic (exact) mass is 152 g/mol. The summed E-state index contributed by atoms with van der Waals surface area (Å²) in [6.45, 7) is 6.35. The standard InChI is InChI=1S/C10H16O/c1-9(2)10(3)7-5-4-6-8-11/h4,6,8H,5,7H2,1-3H3/b6-4+. The molecule has 0 aliphatic heterocycles. The van der Waals surface area contributed by atoms with Gasteiger partial charge in [-0.3, -0.25) is 4.79 Å². The molecule has 1 heteroatoms. The zero-order chi connectivity index (χ0) is 8.69. The van der Waals surface area contributed by atoms with Gasteiger partial charge in [0.2, 0.25) is 0 Å². The lowest BCUT2D eigenvalue weighted by molar-refractivity contribution is -0.104. The first-order valence-corrected chi connectivity index (χ1v) is 3.91. The lowest BCUT2D eigenvalue weighted by atomic mass is 10.1. The van der Waals surface area contributed by atoms with Crippen molar-refractivity contribution in [2.45, 2.75) is 33.6 Å². The lowest BCUT2D eigenvalue weighted by Gasteiger charge is -1.99. The highest BCUT2D eigenvalue weighted by Crippen LogP contribution is 2.09. The van der Waals surface area contributed by atoms with Crippen LogP contribution in [0.25, 0.3) is 0 Å². The molecule has 11 heavy (non-hydrogen) atoms. The average Bonchev–Trinajstić information content (AvgIpc) is 1.97. The largest absolute Gasteiger partial charge is 0.299 e. The number of aldehydes is 1. The number of hydrogen-bond acceptors (Lipinski definition) is 1. The van der Waals surface area contributed by atoms with Gasteiger partial charge >= 0.3 is 0 Å². The van der Waals surface area contributed by atoms with Gasteiger partial charge in [-0.25, -0.2) is 0 Å². The van der Waals surface area contributed by atoms with Gasteiger partial charge in [0.05, 0.1) is 0 Å². The fourth-order valence-corrected chi connectivity index (χ4v) is 0.702. The van der Waals surface area contributed by atoms with E-state index in [2.05, 4.69) is 20.8 Å². The van der Waals surface area contributed by atoms with Crippen LogP contribution in [0, 0.1) is 0 Å². The van der Waals surface area contributed by atoms with Gasteiger partial charge in [-0.15, -0.1) is 0 Å². The van der Waals surface area contributed by atoms with E-state index in [0.29, 0.717) is 0 Å². The molecular formula is C10H16O. The number of hydrogen-bond donors (Lipinski definition) is 0. The molecule has 0 fully saturated rings. The number of carbonyl (C=O) groups excluding carboxylic acids is 1. The molecular weight excluding hydrogens is 136 g/mol. The molecule has 0 radical (unpaired) electrons. The first-order valence-electron chi connectivity index (χ1n) is 3.91. The fraction of sp³-hybridized carbons (Fsp3) is 0.500. The van der Waals surface area contributed by atoms with Crippen LogP contribution >= 0.6 is 0 Å². The van der Waals surface area contributed by atoms with Crippen LogP contribution in [0.15, 0.2) is 23.3 Å². The van der Waals surface area contributed by atoms with Crippen LogP contribution < -0.4 is 0 Å². The second kappa shape index (κ2) is 5.90. The summed E-state index contributed by atoms with van der Waals surface area (Å²) in [5, 5.41) is 0. The topological polar surface area (TPSA) is 17.1 Å². The van der Waals surface area contributed by atoms with Crippen LogP contribution in [0.3, 0.4) is 0 Å². The van der Waals surface area contributed by atoms with Crippen molar-refractivity contribution in [2.24, 2.45) is 0 Å². The summed E-state index contributed by atoms with van der Waals surface area (Å²) in [4.78, 5) is 9.88. The zero-order valence-corrected chi connectivity index (χ0v) is 7.55. The van der Waals surface area contributed by atoms with E-state index in [9.17, 15) is 4.79 Å². The van der Waals surface area contributed by atoms with Crippen LogP contribution in [0.4, 0.5) is 0 Å². The molecule has 0 aliphatic rings. The molecule has 0 aromatic carbocycles. The highest BCUT2D eigenvalue weighted by atomic mass is 16.1. The Morgan fingerprint density at radius 3 is 2.36 bits per heavy atom. The quantitative estimate of drug-likeness (QED) is 0.344. The molecule has 0 spiro atoms. The van der Waals surface area contributed by atoms with Crippen molar-refractivity contribution in [3.8, 4) is 0 Å². The second-order valence-electron chi connectivity index (χ2n) is 2.88. The number of allylic oxidation sites excluding steroid dienone is 4. The minimum Gasteiger partial charge on any atom is -0.299 e. The normalized spacial score (nSPS) is 10.1. The third-order valence-corrected chi connectivity index (χ3v) is 1.75. The Morgan fingerprint density at radius 2 is 1.91 bits per heavy atom. The summed E-state index contributed by atoms with van der Waals surface area (Å²) in [5.41, 5.74) is 2.80. The van der Waals surface area contributed by atoms with Crippen molar-refractivity contribution in [3.05, 3.63) is 23.3 Å². The minimum absolute atomic E-state index is 0.817. The van der Waals surface area contributed by atoms with E-state index in [4.69, 9.17) is 0 Å². The summed E-state index contributed by atoms with van der Waals surface area (Å²) in [5.74, 6) is 0. The van der Waals surface area contributed by atoms with Gasteiger partial charge in [0.1, 0.15) is 6.29 Å². The minimum atomic E-state index is 0.817. The summed E-state index contributed by atoms with van der Waals surface area (Å²) in [6.07, 6.45) is 6.30. The molecule has 0 unspecified atom stereocenters. The van der Waals surface area contributed by atoms with Crippen molar-refractivity contribution < 1.29 is 4.79 Å². The van der Waals surface area contributed by atoms with E-state index in [-0.39, 0.29) is 0 Å². The summed E-state index contributed by atoms with van der Waals surface area (Å²) in [7, 11) is 0. The van der Waals surface area contributed by atoms with Crippen molar-refractivity contribution in [2.75, 3.05) is 0 Å². The molecule has 0 heterocycles. The second-order valence-corrected chi connectivity index (χ2v) is 2.88. The van der Waals surface area contributed by atoms with E-state index in [1.807, 2.05) is 6.08 Å². The molecule has 0 aromatic heterocycles. The highest BCUT2D eigenvalue weighted by molar-refractivity contribution is 5.64. The molecule has 0 saturated carbocycles. The maximum Gasteiger partial charge on any atom is 0.142 e. The lowest BCUT2D eigenvalue weighted by Crippen LogP contribution is -1.79. The first-order chi connectivity index (χ1) is 5.18. The maximum atomic E-state index is 9.88. The van der Waals surface area contributed by atoms with Crippen molar-refractivity contribution in [1.29, 1.82) is 0 Å². The van der Waals surface area contributed by atoms with Gasteiger partial charge in [-0.2, -0.15) is 0 Å². The van der Waals surface area contributed by atoms with Gasteiger partial charge in [0.15, 0.2) is 0 Å². The number of carbonyl (C=O) groups is 1. The van der Waals surface area contributed by atoms with Gasteiger partial charge in [0, 0.05) is 0 Å². The molecule has 0 aliphatic carbocycles. The predicted molar refractivity (Wildman–Crippen MR) is 48.5 cm³/mol. The van der Waals surface area contributed by atoms with Crippen molar-refractivity contribution >= 4 is 6.29 Å². The third kappa shape index (κ3) is 5.59. The van der Waals surface area contributed by atoms with E-state index in [1.165, 1.54) is 11.1 Å².